The number of methoxy groups -OCH3 is 1. The highest BCUT2D eigenvalue weighted by atomic mass is 32.2. The smallest absolute Gasteiger partial charge is 0.337 e. The van der Waals surface area contributed by atoms with E-state index in [0.29, 0.717) is 4.90 Å². The molecule has 0 fully saturated rings. The molecule has 8 nitrogen and oxygen atoms in total. The van der Waals surface area contributed by atoms with E-state index in [9.17, 15) is 22.2 Å². The molecule has 3 aromatic rings. The van der Waals surface area contributed by atoms with Gasteiger partial charge in [-0.3, -0.25) is 9.52 Å². The largest absolute Gasteiger partial charge is 0.465 e. The molecule has 1 atom stereocenters. The SMILES string of the molecule is COC(=O)c1ccc(NS(=O)(=O)c2ccc(C)cc2)c(C(=O)N=S(C)(=O)c2ccccc2)c1. The first kappa shape index (κ1) is 24.1. The van der Waals surface area contributed by atoms with Gasteiger partial charge in [0.15, 0.2) is 0 Å². The molecule has 172 valence electrons. The van der Waals surface area contributed by atoms with E-state index < -0.39 is 31.6 Å². The van der Waals surface area contributed by atoms with E-state index in [1.54, 1.807) is 42.5 Å². The topological polar surface area (TPSA) is 119 Å². The van der Waals surface area contributed by atoms with Crippen LogP contribution in [-0.4, -0.2) is 37.9 Å². The molecule has 0 radical (unpaired) electrons. The quantitative estimate of drug-likeness (QED) is 0.528. The number of nitrogens with one attached hydrogen (secondary N) is 1. The molecule has 0 bridgehead atoms. The fourth-order valence-electron chi connectivity index (χ4n) is 2.91. The standard InChI is InChI=1S/C23H22N2O6S2/c1-16-9-12-19(13-10-16)33(29,30)24-21-14-11-17(23(27)31-2)15-20(21)22(26)25-32(3,28)18-7-5-4-6-8-18/h4-15,24H,1-3H3. The van der Waals surface area contributed by atoms with E-state index in [1.165, 1.54) is 37.6 Å². The zero-order valence-corrected chi connectivity index (χ0v) is 19.8. The number of carbonyl (C=O) groups excluding carboxylic acids is 2. The minimum atomic E-state index is -4.05. The van der Waals surface area contributed by atoms with Gasteiger partial charge in [-0.05, 0) is 49.4 Å². The second-order valence-electron chi connectivity index (χ2n) is 7.18. The lowest BCUT2D eigenvalue weighted by molar-refractivity contribution is 0.0600. The summed E-state index contributed by atoms with van der Waals surface area (Å²) in [6.45, 7) is 1.82. The third-order valence-corrected chi connectivity index (χ3v) is 7.73. The van der Waals surface area contributed by atoms with E-state index in [4.69, 9.17) is 0 Å². The lowest BCUT2D eigenvalue weighted by Crippen LogP contribution is -2.16. The van der Waals surface area contributed by atoms with Gasteiger partial charge in [0.1, 0.15) is 0 Å². The van der Waals surface area contributed by atoms with Gasteiger partial charge < -0.3 is 4.74 Å². The third-order valence-electron chi connectivity index (χ3n) is 4.68. The molecule has 1 amide bonds. The van der Waals surface area contributed by atoms with E-state index >= 15 is 0 Å². The summed E-state index contributed by atoms with van der Waals surface area (Å²) in [5.74, 6) is -1.67. The molecule has 0 aliphatic heterocycles. The van der Waals surface area contributed by atoms with Crippen LogP contribution in [0.25, 0.3) is 0 Å². The Morgan fingerprint density at radius 2 is 1.52 bits per heavy atom. The zero-order chi connectivity index (χ0) is 24.2. The Kier molecular flexibility index (Phi) is 6.99. The Morgan fingerprint density at radius 3 is 2.12 bits per heavy atom. The van der Waals surface area contributed by atoms with Crippen LogP contribution >= 0.6 is 0 Å². The van der Waals surface area contributed by atoms with Crippen LogP contribution in [0.1, 0.15) is 26.3 Å². The Morgan fingerprint density at radius 1 is 0.879 bits per heavy atom. The Balaban J connectivity index is 2.09. The van der Waals surface area contributed by atoms with Gasteiger partial charge in [-0.1, -0.05) is 35.9 Å². The van der Waals surface area contributed by atoms with Crippen molar-refractivity contribution in [2.24, 2.45) is 4.36 Å². The summed E-state index contributed by atoms with van der Waals surface area (Å²) in [5, 5.41) is 0. The molecule has 33 heavy (non-hydrogen) atoms. The third kappa shape index (κ3) is 5.65. The van der Waals surface area contributed by atoms with Crippen LogP contribution in [0.15, 0.2) is 87.0 Å². The van der Waals surface area contributed by atoms with Gasteiger partial charge in [0, 0.05) is 11.2 Å². The summed E-state index contributed by atoms with van der Waals surface area (Å²) in [6.07, 6.45) is 1.31. The molecule has 0 spiro atoms. The van der Waals surface area contributed by atoms with Crippen LogP contribution in [0.5, 0.6) is 0 Å². The number of rotatable bonds is 6. The van der Waals surface area contributed by atoms with Crippen molar-refractivity contribution in [2.45, 2.75) is 16.7 Å². The Bertz CT molecular complexity index is 1420. The molecule has 3 rings (SSSR count). The van der Waals surface area contributed by atoms with Crippen LogP contribution in [0.3, 0.4) is 0 Å². The minimum absolute atomic E-state index is 0.0101. The van der Waals surface area contributed by atoms with Crippen LogP contribution < -0.4 is 4.72 Å². The van der Waals surface area contributed by atoms with Gasteiger partial charge in [-0.25, -0.2) is 17.4 Å². The van der Waals surface area contributed by atoms with E-state index in [2.05, 4.69) is 13.8 Å². The molecule has 10 heteroatoms. The molecular formula is C23H22N2O6S2. The molecule has 3 aromatic carbocycles. The molecule has 0 saturated carbocycles. The van der Waals surface area contributed by atoms with Crippen LogP contribution in [0.2, 0.25) is 0 Å². The number of hydrogen-bond acceptors (Lipinski definition) is 6. The van der Waals surface area contributed by atoms with Gasteiger partial charge in [0.05, 0.1) is 38.5 Å². The van der Waals surface area contributed by atoms with Crippen molar-refractivity contribution in [3.63, 3.8) is 0 Å². The van der Waals surface area contributed by atoms with Crippen molar-refractivity contribution in [2.75, 3.05) is 18.1 Å². The molecular weight excluding hydrogens is 464 g/mol. The van der Waals surface area contributed by atoms with E-state index in [1.807, 2.05) is 6.92 Å². The number of carbonyl (C=O) groups is 2. The number of nitrogens with zero attached hydrogens (tertiary/aromatic N) is 1. The van der Waals surface area contributed by atoms with Crippen LogP contribution in [0, 0.1) is 6.92 Å². The normalized spacial score (nSPS) is 12.9. The molecule has 0 saturated heterocycles. The molecule has 0 aliphatic rings. The van der Waals surface area contributed by atoms with Crippen molar-refractivity contribution in [1.82, 2.24) is 0 Å². The number of aryl methyl sites for hydroxylation is 1. The highest BCUT2D eigenvalue weighted by molar-refractivity contribution is 7.93. The minimum Gasteiger partial charge on any atom is -0.465 e. The molecule has 1 N–H and O–H groups in total. The Labute approximate surface area is 192 Å². The van der Waals surface area contributed by atoms with Crippen LogP contribution in [-0.2, 0) is 24.5 Å². The maximum absolute atomic E-state index is 13.1. The number of sulfonamides is 1. The van der Waals surface area contributed by atoms with Gasteiger partial charge in [0.2, 0.25) is 0 Å². The second-order valence-corrected chi connectivity index (χ2v) is 11.1. The summed E-state index contributed by atoms with van der Waals surface area (Å²) in [5.41, 5.74) is 0.542. The van der Waals surface area contributed by atoms with Crippen LogP contribution in [0.4, 0.5) is 5.69 Å². The lowest BCUT2D eigenvalue weighted by Gasteiger charge is -2.13. The zero-order valence-electron chi connectivity index (χ0n) is 18.1. The summed E-state index contributed by atoms with van der Waals surface area (Å²) >= 11 is 0. The van der Waals surface area contributed by atoms with Crippen molar-refractivity contribution < 1.29 is 27.0 Å². The molecule has 0 aromatic heterocycles. The average Bonchev–Trinajstić information content (AvgIpc) is 2.79. The lowest BCUT2D eigenvalue weighted by atomic mass is 10.1. The predicted molar refractivity (Wildman–Crippen MR) is 125 cm³/mol. The summed E-state index contributed by atoms with van der Waals surface area (Å²) in [7, 11) is -6.01. The van der Waals surface area contributed by atoms with E-state index in [0.717, 1.165) is 11.6 Å². The van der Waals surface area contributed by atoms with Gasteiger partial charge in [-0.2, -0.15) is 4.36 Å². The van der Waals surface area contributed by atoms with Crippen molar-refractivity contribution >= 4 is 37.3 Å². The number of hydrogen-bond donors (Lipinski definition) is 1. The molecule has 1 unspecified atom stereocenters. The summed E-state index contributed by atoms with van der Waals surface area (Å²) < 4.78 is 49.7. The second kappa shape index (κ2) is 9.55. The first-order valence-electron chi connectivity index (χ1n) is 9.67. The van der Waals surface area contributed by atoms with Gasteiger partial charge in [-0.15, -0.1) is 0 Å². The van der Waals surface area contributed by atoms with Gasteiger partial charge >= 0.3 is 5.97 Å². The first-order chi connectivity index (χ1) is 15.5. The molecule has 0 aliphatic carbocycles. The fraction of sp³-hybridized carbons (Fsp3) is 0.130. The first-order valence-corrected chi connectivity index (χ1v) is 13.1. The maximum atomic E-state index is 13.1. The van der Waals surface area contributed by atoms with Gasteiger partial charge in [0.25, 0.3) is 15.9 Å². The fourth-order valence-corrected chi connectivity index (χ4v) is 5.17. The number of esters is 1. The average molecular weight is 487 g/mol. The van der Waals surface area contributed by atoms with E-state index in [-0.39, 0.29) is 21.7 Å². The Hall–Kier alpha value is -3.50. The maximum Gasteiger partial charge on any atom is 0.337 e. The monoisotopic (exact) mass is 486 g/mol. The summed E-state index contributed by atoms with van der Waals surface area (Å²) in [6, 6.07) is 18.1. The van der Waals surface area contributed by atoms with Crippen molar-refractivity contribution in [1.29, 1.82) is 0 Å². The molecule has 0 heterocycles. The number of ether oxygens (including phenoxy) is 1. The number of benzene rings is 3. The predicted octanol–water partition coefficient (Wildman–Crippen LogP) is 3.88. The highest BCUT2D eigenvalue weighted by Crippen LogP contribution is 2.24. The summed E-state index contributed by atoms with van der Waals surface area (Å²) in [4.78, 5) is 25.4. The highest BCUT2D eigenvalue weighted by Gasteiger charge is 2.22. The number of amides is 1. The van der Waals surface area contributed by atoms with Crippen molar-refractivity contribution in [3.05, 3.63) is 89.5 Å². The number of anilines is 1. The van der Waals surface area contributed by atoms with Crippen molar-refractivity contribution in [3.8, 4) is 0 Å².